The van der Waals surface area contributed by atoms with Gasteiger partial charge in [-0.15, -0.1) is 0 Å². The first-order valence-electron chi connectivity index (χ1n) is 7.18. The summed E-state index contributed by atoms with van der Waals surface area (Å²) >= 11 is 0. The van der Waals surface area contributed by atoms with Gasteiger partial charge in [-0.3, -0.25) is 4.98 Å². The fourth-order valence-corrected chi connectivity index (χ4v) is 2.64. The van der Waals surface area contributed by atoms with Gasteiger partial charge in [0.1, 0.15) is 0 Å². The lowest BCUT2D eigenvalue weighted by Crippen LogP contribution is -2.18. The van der Waals surface area contributed by atoms with E-state index in [1.165, 1.54) is 5.56 Å². The van der Waals surface area contributed by atoms with E-state index in [2.05, 4.69) is 54.1 Å². The van der Waals surface area contributed by atoms with Crippen LogP contribution >= 0.6 is 0 Å². The van der Waals surface area contributed by atoms with Gasteiger partial charge in [0.15, 0.2) is 0 Å². The molecule has 0 amide bonds. The van der Waals surface area contributed by atoms with Crippen molar-refractivity contribution in [1.82, 2.24) is 4.98 Å². The molecular formula is C18H19N3. The number of fused-ring (bicyclic) bond motifs is 1. The molecule has 0 aliphatic carbocycles. The van der Waals surface area contributed by atoms with Crippen LogP contribution in [0.15, 0.2) is 54.7 Å². The number of rotatable bonds is 3. The van der Waals surface area contributed by atoms with Crippen LogP contribution in [0.5, 0.6) is 0 Å². The van der Waals surface area contributed by atoms with Gasteiger partial charge in [-0.25, -0.2) is 0 Å². The predicted octanol–water partition coefficient (Wildman–Crippen LogP) is 4.28. The molecule has 1 heterocycles. The van der Waals surface area contributed by atoms with Gasteiger partial charge in [0.2, 0.25) is 0 Å². The number of aromatic nitrogens is 1. The minimum atomic E-state index is 0.705. The van der Waals surface area contributed by atoms with E-state index in [9.17, 15) is 0 Å². The number of hydrogen-bond donors (Lipinski definition) is 1. The Labute approximate surface area is 125 Å². The Morgan fingerprint density at radius 3 is 2.48 bits per heavy atom. The number of benzene rings is 2. The monoisotopic (exact) mass is 277 g/mol. The Kier molecular flexibility index (Phi) is 3.48. The van der Waals surface area contributed by atoms with E-state index >= 15 is 0 Å². The highest BCUT2D eigenvalue weighted by Crippen LogP contribution is 2.35. The van der Waals surface area contributed by atoms with Crippen molar-refractivity contribution in [3.63, 3.8) is 0 Å². The third-order valence-corrected chi connectivity index (χ3v) is 3.71. The zero-order valence-electron chi connectivity index (χ0n) is 12.4. The van der Waals surface area contributed by atoms with Gasteiger partial charge in [0.05, 0.1) is 23.1 Å². The second-order valence-electron chi connectivity index (χ2n) is 5.16. The van der Waals surface area contributed by atoms with Crippen molar-refractivity contribution in [3.8, 4) is 0 Å². The molecule has 2 aromatic carbocycles. The smallest absolute Gasteiger partial charge is 0.0755 e. The van der Waals surface area contributed by atoms with E-state index in [-0.39, 0.29) is 0 Å². The molecule has 0 aliphatic heterocycles. The van der Waals surface area contributed by atoms with Crippen LogP contribution in [0, 0.1) is 6.92 Å². The van der Waals surface area contributed by atoms with Gasteiger partial charge < -0.3 is 10.6 Å². The van der Waals surface area contributed by atoms with Crippen molar-refractivity contribution in [2.45, 2.75) is 13.8 Å². The number of anilines is 3. The molecule has 1 aromatic heterocycles. The van der Waals surface area contributed by atoms with E-state index in [1.54, 1.807) is 6.20 Å². The molecule has 0 atom stereocenters. The van der Waals surface area contributed by atoms with E-state index in [0.717, 1.165) is 28.8 Å². The van der Waals surface area contributed by atoms with E-state index in [0.29, 0.717) is 5.69 Å². The Balaban J connectivity index is 2.21. The van der Waals surface area contributed by atoms with Crippen molar-refractivity contribution < 1.29 is 0 Å². The molecule has 0 aliphatic rings. The topological polar surface area (TPSA) is 42.1 Å². The normalized spacial score (nSPS) is 10.8. The lowest BCUT2D eigenvalue weighted by Gasteiger charge is -2.26. The molecule has 2 N–H and O–H groups in total. The number of nitrogens with two attached hydrogens (primary N) is 1. The summed E-state index contributed by atoms with van der Waals surface area (Å²) in [6.45, 7) is 5.08. The van der Waals surface area contributed by atoms with Crippen molar-refractivity contribution in [3.05, 3.63) is 60.3 Å². The van der Waals surface area contributed by atoms with Gasteiger partial charge in [0.25, 0.3) is 0 Å². The van der Waals surface area contributed by atoms with E-state index in [1.807, 2.05) is 18.2 Å². The summed E-state index contributed by atoms with van der Waals surface area (Å²) in [7, 11) is 0. The Morgan fingerprint density at radius 1 is 1.05 bits per heavy atom. The number of aryl methyl sites for hydroxylation is 1. The van der Waals surface area contributed by atoms with Crippen LogP contribution in [0.3, 0.4) is 0 Å². The number of hydrogen-bond acceptors (Lipinski definition) is 3. The highest BCUT2D eigenvalue weighted by Gasteiger charge is 2.14. The fraction of sp³-hybridized carbons (Fsp3) is 0.167. The van der Waals surface area contributed by atoms with Crippen molar-refractivity contribution in [1.29, 1.82) is 0 Å². The first-order chi connectivity index (χ1) is 10.2. The molecule has 0 fully saturated rings. The minimum absolute atomic E-state index is 0.705. The molecule has 0 unspecified atom stereocenters. The summed E-state index contributed by atoms with van der Waals surface area (Å²) in [4.78, 5) is 6.65. The molecule has 21 heavy (non-hydrogen) atoms. The van der Waals surface area contributed by atoms with Crippen LogP contribution in [-0.2, 0) is 0 Å². The highest BCUT2D eigenvalue weighted by atomic mass is 15.1. The van der Waals surface area contributed by atoms with Gasteiger partial charge >= 0.3 is 0 Å². The summed E-state index contributed by atoms with van der Waals surface area (Å²) < 4.78 is 0. The van der Waals surface area contributed by atoms with Crippen molar-refractivity contribution >= 4 is 28.0 Å². The van der Waals surface area contributed by atoms with E-state index in [4.69, 9.17) is 5.73 Å². The number of nitrogens with zero attached hydrogens (tertiary/aromatic N) is 2. The molecular weight excluding hydrogens is 258 g/mol. The second-order valence-corrected chi connectivity index (χ2v) is 5.16. The Bertz CT molecular complexity index is 763. The van der Waals surface area contributed by atoms with Gasteiger partial charge in [-0.1, -0.05) is 35.9 Å². The quantitative estimate of drug-likeness (QED) is 0.776. The maximum Gasteiger partial charge on any atom is 0.0755 e. The average molecular weight is 277 g/mol. The molecule has 0 radical (unpaired) electrons. The molecule has 106 valence electrons. The SMILES string of the molecule is CCN(c1ccc(C)cc1)c1c(N)cnc2ccccc12. The minimum Gasteiger partial charge on any atom is -0.396 e. The van der Waals surface area contributed by atoms with Crippen molar-refractivity contribution in [2.75, 3.05) is 17.2 Å². The molecule has 0 bridgehead atoms. The summed E-state index contributed by atoms with van der Waals surface area (Å²) in [6.07, 6.45) is 1.74. The lowest BCUT2D eigenvalue weighted by atomic mass is 10.1. The Morgan fingerprint density at radius 2 is 1.76 bits per heavy atom. The number of nitrogen functional groups attached to an aromatic ring is 1. The summed E-state index contributed by atoms with van der Waals surface area (Å²) in [5.41, 5.74) is 11.3. The lowest BCUT2D eigenvalue weighted by molar-refractivity contribution is 1.03. The molecule has 3 rings (SSSR count). The first-order valence-corrected chi connectivity index (χ1v) is 7.18. The number of para-hydroxylation sites is 1. The molecule has 3 heteroatoms. The molecule has 0 spiro atoms. The van der Waals surface area contributed by atoms with Crippen LogP contribution in [0.4, 0.5) is 17.1 Å². The maximum atomic E-state index is 6.23. The average Bonchev–Trinajstić information content (AvgIpc) is 2.52. The highest BCUT2D eigenvalue weighted by molar-refractivity contribution is 5.99. The van der Waals surface area contributed by atoms with Gasteiger partial charge in [0, 0.05) is 17.6 Å². The van der Waals surface area contributed by atoms with Crippen LogP contribution in [0.1, 0.15) is 12.5 Å². The van der Waals surface area contributed by atoms with Gasteiger partial charge in [-0.05, 0) is 32.0 Å². The molecule has 3 nitrogen and oxygen atoms in total. The predicted molar refractivity (Wildman–Crippen MR) is 90.0 cm³/mol. The largest absolute Gasteiger partial charge is 0.396 e. The van der Waals surface area contributed by atoms with Crippen LogP contribution in [0.2, 0.25) is 0 Å². The first kappa shape index (κ1) is 13.4. The van der Waals surface area contributed by atoms with Crippen molar-refractivity contribution in [2.24, 2.45) is 0 Å². The molecule has 0 saturated heterocycles. The van der Waals surface area contributed by atoms with Crippen LogP contribution in [-0.4, -0.2) is 11.5 Å². The Hall–Kier alpha value is -2.55. The third-order valence-electron chi connectivity index (χ3n) is 3.71. The third kappa shape index (κ3) is 2.42. The summed E-state index contributed by atoms with van der Waals surface area (Å²) in [6, 6.07) is 16.6. The van der Waals surface area contributed by atoms with Crippen LogP contribution in [0.25, 0.3) is 10.9 Å². The standard InChI is InChI=1S/C18H19N3/c1-3-21(14-10-8-13(2)9-11-14)18-15-6-4-5-7-17(15)20-12-16(18)19/h4-12H,3,19H2,1-2H3. The summed E-state index contributed by atoms with van der Waals surface area (Å²) in [5, 5.41) is 1.08. The van der Waals surface area contributed by atoms with E-state index < -0.39 is 0 Å². The maximum absolute atomic E-state index is 6.23. The fourth-order valence-electron chi connectivity index (χ4n) is 2.64. The molecule has 3 aromatic rings. The van der Waals surface area contributed by atoms with Crippen LogP contribution < -0.4 is 10.6 Å². The number of pyridine rings is 1. The molecule has 0 saturated carbocycles. The zero-order chi connectivity index (χ0) is 14.8. The zero-order valence-corrected chi connectivity index (χ0v) is 12.4. The second kappa shape index (κ2) is 5.44. The van der Waals surface area contributed by atoms with Gasteiger partial charge in [-0.2, -0.15) is 0 Å². The summed E-state index contributed by atoms with van der Waals surface area (Å²) in [5.74, 6) is 0.